The lowest BCUT2D eigenvalue weighted by atomic mass is 10.1. The van der Waals surface area contributed by atoms with E-state index in [1.807, 2.05) is 0 Å². The van der Waals surface area contributed by atoms with Gasteiger partial charge in [-0.3, -0.25) is 25.0 Å². The maximum absolute atomic E-state index is 12.5. The Hall–Kier alpha value is -4.47. The Kier molecular flexibility index (Phi) is 8.33. The van der Waals surface area contributed by atoms with Gasteiger partial charge in [-0.05, 0) is 29.8 Å². The summed E-state index contributed by atoms with van der Waals surface area (Å²) in [5, 5.41) is 27.4. The van der Waals surface area contributed by atoms with Crippen molar-refractivity contribution in [2.75, 3.05) is 24.4 Å². The van der Waals surface area contributed by atoms with Gasteiger partial charge in [-0.1, -0.05) is 17.7 Å². The third-order valence-corrected chi connectivity index (χ3v) is 5.31. The number of nitro groups is 1. The number of nitrogens with zero attached hydrogens (tertiary/aromatic N) is 3. The average molecular weight is 514 g/mol. The maximum Gasteiger partial charge on any atom is 0.271 e. The van der Waals surface area contributed by atoms with Crippen LogP contribution >= 0.6 is 22.9 Å². The summed E-state index contributed by atoms with van der Waals surface area (Å²) in [4.78, 5) is 38.7. The molecule has 0 bridgehead atoms. The molecular formula is C22H16ClN5O6S. The van der Waals surface area contributed by atoms with Crippen molar-refractivity contribution in [1.29, 1.82) is 5.26 Å². The number of halogens is 1. The van der Waals surface area contributed by atoms with E-state index in [1.54, 1.807) is 23.7 Å². The lowest BCUT2D eigenvalue weighted by molar-refractivity contribution is -0.384. The molecule has 2 amide bonds. The Morgan fingerprint density at radius 2 is 2.06 bits per heavy atom. The van der Waals surface area contributed by atoms with Crippen LogP contribution in [0.5, 0.6) is 11.5 Å². The molecule has 0 aliphatic heterocycles. The number of thiazole rings is 1. The van der Waals surface area contributed by atoms with Crippen LogP contribution in [0.3, 0.4) is 0 Å². The fourth-order valence-electron chi connectivity index (χ4n) is 2.70. The first-order valence-electron chi connectivity index (χ1n) is 9.68. The van der Waals surface area contributed by atoms with Crippen molar-refractivity contribution in [1.82, 2.24) is 4.98 Å². The minimum Gasteiger partial charge on any atom is -0.493 e. The first kappa shape index (κ1) is 25.2. The second-order valence-corrected chi connectivity index (χ2v) is 7.93. The molecule has 0 fully saturated rings. The van der Waals surface area contributed by atoms with E-state index in [9.17, 15) is 25.0 Å². The average Bonchev–Trinajstić information content (AvgIpc) is 3.35. The van der Waals surface area contributed by atoms with Gasteiger partial charge in [0.15, 0.2) is 23.2 Å². The SMILES string of the molecule is COc1cc(C=C(C#N)C(=O)Nc2ccc([N+](=O)[O-])cc2Cl)ccc1OCC(=O)Nc1nccs1. The van der Waals surface area contributed by atoms with E-state index >= 15 is 0 Å². The van der Waals surface area contributed by atoms with Crippen LogP contribution in [0.1, 0.15) is 5.56 Å². The number of methoxy groups -OCH3 is 1. The Bertz CT molecular complexity index is 1340. The monoisotopic (exact) mass is 513 g/mol. The van der Waals surface area contributed by atoms with Crippen LogP contribution in [0.2, 0.25) is 5.02 Å². The number of hydrogen-bond acceptors (Lipinski definition) is 9. The van der Waals surface area contributed by atoms with E-state index < -0.39 is 16.7 Å². The molecular weight excluding hydrogens is 498 g/mol. The van der Waals surface area contributed by atoms with Gasteiger partial charge in [0.1, 0.15) is 11.6 Å². The molecule has 35 heavy (non-hydrogen) atoms. The summed E-state index contributed by atoms with van der Waals surface area (Å²) in [6, 6.07) is 9.97. The van der Waals surface area contributed by atoms with Crippen LogP contribution in [-0.2, 0) is 9.59 Å². The zero-order chi connectivity index (χ0) is 25.4. The van der Waals surface area contributed by atoms with Crippen molar-refractivity contribution < 1.29 is 24.0 Å². The number of carbonyl (C=O) groups excluding carboxylic acids is 2. The second kappa shape index (κ2) is 11.6. The van der Waals surface area contributed by atoms with Crippen LogP contribution in [0, 0.1) is 21.4 Å². The highest BCUT2D eigenvalue weighted by atomic mass is 35.5. The molecule has 13 heteroatoms. The van der Waals surface area contributed by atoms with Crippen molar-refractivity contribution >= 4 is 57.3 Å². The van der Waals surface area contributed by atoms with Crippen molar-refractivity contribution in [2.24, 2.45) is 0 Å². The lowest BCUT2D eigenvalue weighted by Gasteiger charge is -2.11. The predicted molar refractivity (Wildman–Crippen MR) is 130 cm³/mol. The predicted octanol–water partition coefficient (Wildman–Crippen LogP) is 4.28. The number of nitro benzene ring substituents is 1. The van der Waals surface area contributed by atoms with E-state index in [1.165, 1.54) is 48.8 Å². The number of amides is 2. The van der Waals surface area contributed by atoms with Gasteiger partial charge in [0.25, 0.3) is 17.5 Å². The highest BCUT2D eigenvalue weighted by Gasteiger charge is 2.15. The number of nitrogens with one attached hydrogen (secondary N) is 2. The normalized spacial score (nSPS) is 10.7. The summed E-state index contributed by atoms with van der Waals surface area (Å²) in [7, 11) is 1.40. The Morgan fingerprint density at radius 3 is 2.69 bits per heavy atom. The third kappa shape index (κ3) is 6.76. The smallest absolute Gasteiger partial charge is 0.271 e. The fraction of sp³-hybridized carbons (Fsp3) is 0.0909. The van der Waals surface area contributed by atoms with Gasteiger partial charge in [-0.2, -0.15) is 5.26 Å². The summed E-state index contributed by atoms with van der Waals surface area (Å²) in [6.07, 6.45) is 2.88. The second-order valence-electron chi connectivity index (χ2n) is 6.63. The summed E-state index contributed by atoms with van der Waals surface area (Å²) in [6.45, 7) is -0.285. The molecule has 0 aliphatic rings. The van der Waals surface area contributed by atoms with Crippen LogP contribution in [0.15, 0.2) is 53.5 Å². The van der Waals surface area contributed by atoms with Crippen LogP contribution in [0.25, 0.3) is 6.08 Å². The first-order valence-corrected chi connectivity index (χ1v) is 10.9. The zero-order valence-electron chi connectivity index (χ0n) is 18.0. The summed E-state index contributed by atoms with van der Waals surface area (Å²) in [5.41, 5.74) is 0.0702. The molecule has 0 saturated heterocycles. The van der Waals surface area contributed by atoms with Crippen LogP contribution in [0.4, 0.5) is 16.5 Å². The highest BCUT2D eigenvalue weighted by Crippen LogP contribution is 2.30. The van der Waals surface area contributed by atoms with Crippen molar-refractivity contribution in [3.05, 3.63) is 74.2 Å². The Labute approximate surface area is 207 Å². The third-order valence-electron chi connectivity index (χ3n) is 4.31. The van der Waals surface area contributed by atoms with Gasteiger partial charge in [0, 0.05) is 23.7 Å². The highest BCUT2D eigenvalue weighted by molar-refractivity contribution is 7.13. The maximum atomic E-state index is 12.5. The fourth-order valence-corrected chi connectivity index (χ4v) is 3.47. The number of anilines is 2. The molecule has 178 valence electrons. The Balaban J connectivity index is 1.70. The topological polar surface area (TPSA) is 156 Å². The molecule has 1 heterocycles. The molecule has 2 N–H and O–H groups in total. The van der Waals surface area contributed by atoms with Crippen LogP contribution in [-0.4, -0.2) is 35.4 Å². The zero-order valence-corrected chi connectivity index (χ0v) is 19.6. The molecule has 1 aromatic heterocycles. The molecule has 0 spiro atoms. The van der Waals surface area contributed by atoms with E-state index in [0.29, 0.717) is 10.7 Å². The molecule has 0 aliphatic carbocycles. The molecule has 3 rings (SSSR count). The molecule has 0 saturated carbocycles. The largest absolute Gasteiger partial charge is 0.493 e. The van der Waals surface area contributed by atoms with Gasteiger partial charge < -0.3 is 14.8 Å². The van der Waals surface area contributed by atoms with Crippen molar-refractivity contribution in [3.8, 4) is 17.6 Å². The number of ether oxygens (including phenoxy) is 2. The van der Waals surface area contributed by atoms with Gasteiger partial charge in [0.05, 0.1) is 22.7 Å². The standard InChI is InChI=1S/C22H16ClN5O6S/c1-33-19-9-13(2-5-18(19)34-12-20(29)27-22-25-6-7-35-22)8-14(11-24)21(30)26-17-4-3-15(28(31)32)10-16(17)23/h2-10H,12H2,1H3,(H,26,30)(H,25,27,29). The molecule has 0 atom stereocenters. The number of non-ortho nitro benzene ring substituents is 1. The van der Waals surface area contributed by atoms with Gasteiger partial charge in [-0.25, -0.2) is 4.98 Å². The molecule has 0 unspecified atom stereocenters. The Morgan fingerprint density at radius 1 is 1.26 bits per heavy atom. The van der Waals surface area contributed by atoms with Crippen LogP contribution < -0.4 is 20.1 Å². The first-order chi connectivity index (χ1) is 16.8. The summed E-state index contributed by atoms with van der Waals surface area (Å²) < 4.78 is 10.8. The molecule has 2 aromatic carbocycles. The number of nitriles is 1. The van der Waals surface area contributed by atoms with Crippen molar-refractivity contribution in [2.45, 2.75) is 0 Å². The van der Waals surface area contributed by atoms with Gasteiger partial charge >= 0.3 is 0 Å². The summed E-state index contributed by atoms with van der Waals surface area (Å²) >= 11 is 7.26. The minimum absolute atomic E-state index is 0.0492. The van der Waals surface area contributed by atoms with Gasteiger partial charge in [0.2, 0.25) is 0 Å². The quantitative estimate of drug-likeness (QED) is 0.186. The molecule has 11 nitrogen and oxygen atoms in total. The number of aromatic nitrogens is 1. The number of carbonyl (C=O) groups is 2. The van der Waals surface area contributed by atoms with Crippen molar-refractivity contribution in [3.63, 3.8) is 0 Å². The number of hydrogen-bond donors (Lipinski definition) is 2. The minimum atomic E-state index is -0.763. The lowest BCUT2D eigenvalue weighted by Crippen LogP contribution is -2.20. The van der Waals surface area contributed by atoms with Gasteiger partial charge in [-0.15, -0.1) is 11.3 Å². The summed E-state index contributed by atoms with van der Waals surface area (Å²) in [5.74, 6) is -0.614. The molecule has 0 radical (unpaired) electrons. The van der Waals surface area contributed by atoms with E-state index in [2.05, 4.69) is 15.6 Å². The van der Waals surface area contributed by atoms with E-state index in [4.69, 9.17) is 21.1 Å². The number of rotatable bonds is 9. The van der Waals surface area contributed by atoms with E-state index in [0.717, 1.165) is 6.07 Å². The van der Waals surface area contributed by atoms with E-state index in [-0.39, 0.29) is 40.1 Å². The molecule has 3 aromatic rings. The number of benzene rings is 2.